The van der Waals surface area contributed by atoms with Crippen molar-refractivity contribution >= 4 is 21.7 Å². The van der Waals surface area contributed by atoms with Crippen LogP contribution in [0, 0.1) is 25.2 Å². The van der Waals surface area contributed by atoms with E-state index in [1.54, 1.807) is 6.07 Å². The lowest BCUT2D eigenvalue weighted by molar-refractivity contribution is 0.0978. The Morgan fingerprint density at radius 3 is 2.45 bits per heavy atom. The summed E-state index contributed by atoms with van der Waals surface area (Å²) < 4.78 is 0.957. The maximum absolute atomic E-state index is 12.6. The molecule has 0 radical (unpaired) electrons. The van der Waals surface area contributed by atoms with Gasteiger partial charge in [-0.1, -0.05) is 46.3 Å². The summed E-state index contributed by atoms with van der Waals surface area (Å²) in [4.78, 5) is 12.6. The van der Waals surface area contributed by atoms with Gasteiger partial charge in [0.25, 0.3) is 0 Å². The third kappa shape index (κ3) is 2.81. The molecule has 2 rings (SSSR count). The van der Waals surface area contributed by atoms with E-state index >= 15 is 0 Å². The molecule has 20 heavy (non-hydrogen) atoms. The Hall–Kier alpha value is -1.92. The van der Waals surface area contributed by atoms with Gasteiger partial charge in [0.2, 0.25) is 0 Å². The van der Waals surface area contributed by atoms with Gasteiger partial charge in [-0.2, -0.15) is 5.26 Å². The average molecular weight is 328 g/mol. The standard InChI is InChI=1S/C17H14BrNO/c1-11-5-3-4-6-14(11)15(10-19)17(20)13-7-8-16(18)12(2)9-13/h3-9,15H,1-2H3. The van der Waals surface area contributed by atoms with Gasteiger partial charge >= 0.3 is 0 Å². The molecule has 100 valence electrons. The van der Waals surface area contributed by atoms with Crippen LogP contribution in [-0.2, 0) is 0 Å². The number of carbonyl (C=O) groups excluding carboxylic acids is 1. The van der Waals surface area contributed by atoms with Gasteiger partial charge in [0.1, 0.15) is 5.92 Å². The van der Waals surface area contributed by atoms with Gasteiger partial charge in [-0.15, -0.1) is 0 Å². The number of benzene rings is 2. The highest BCUT2D eigenvalue weighted by Crippen LogP contribution is 2.25. The number of carbonyl (C=O) groups is 1. The summed E-state index contributed by atoms with van der Waals surface area (Å²) in [5, 5.41) is 9.38. The maximum Gasteiger partial charge on any atom is 0.184 e. The number of nitriles is 1. The lowest BCUT2D eigenvalue weighted by Gasteiger charge is -2.12. The van der Waals surface area contributed by atoms with Crippen molar-refractivity contribution in [3.63, 3.8) is 0 Å². The minimum Gasteiger partial charge on any atom is -0.292 e. The van der Waals surface area contributed by atoms with Gasteiger partial charge in [-0.05, 0) is 42.7 Å². The number of nitrogens with zero attached hydrogens (tertiary/aromatic N) is 1. The molecule has 0 aliphatic carbocycles. The Morgan fingerprint density at radius 2 is 1.85 bits per heavy atom. The van der Waals surface area contributed by atoms with Crippen LogP contribution >= 0.6 is 15.9 Å². The first-order valence-corrected chi connectivity index (χ1v) is 7.09. The summed E-state index contributed by atoms with van der Waals surface area (Å²) in [6.07, 6.45) is 0. The summed E-state index contributed by atoms with van der Waals surface area (Å²) in [7, 11) is 0. The van der Waals surface area contributed by atoms with Gasteiger partial charge < -0.3 is 0 Å². The quantitative estimate of drug-likeness (QED) is 0.775. The highest BCUT2D eigenvalue weighted by molar-refractivity contribution is 9.10. The van der Waals surface area contributed by atoms with Crippen molar-refractivity contribution in [2.24, 2.45) is 0 Å². The maximum atomic E-state index is 12.6. The largest absolute Gasteiger partial charge is 0.292 e. The molecule has 1 unspecified atom stereocenters. The van der Waals surface area contributed by atoms with E-state index in [2.05, 4.69) is 22.0 Å². The van der Waals surface area contributed by atoms with Crippen LogP contribution in [0.5, 0.6) is 0 Å². The van der Waals surface area contributed by atoms with Gasteiger partial charge in [0, 0.05) is 10.0 Å². The molecule has 0 amide bonds. The molecule has 0 aromatic heterocycles. The Bertz CT molecular complexity index is 700. The lowest BCUT2D eigenvalue weighted by atomic mass is 9.89. The Kier molecular flexibility index (Phi) is 4.36. The summed E-state index contributed by atoms with van der Waals surface area (Å²) >= 11 is 3.41. The molecular weight excluding hydrogens is 314 g/mol. The molecule has 0 N–H and O–H groups in total. The number of hydrogen-bond donors (Lipinski definition) is 0. The molecule has 0 saturated heterocycles. The fourth-order valence-electron chi connectivity index (χ4n) is 2.14. The molecule has 3 heteroatoms. The average Bonchev–Trinajstić information content (AvgIpc) is 2.44. The van der Waals surface area contributed by atoms with Gasteiger partial charge in [0.15, 0.2) is 5.78 Å². The van der Waals surface area contributed by atoms with E-state index in [-0.39, 0.29) is 5.78 Å². The Labute approximate surface area is 127 Å². The fourth-order valence-corrected chi connectivity index (χ4v) is 2.39. The van der Waals surface area contributed by atoms with Crippen molar-refractivity contribution in [1.29, 1.82) is 5.26 Å². The molecule has 0 heterocycles. The highest BCUT2D eigenvalue weighted by Gasteiger charge is 2.23. The molecule has 0 bridgehead atoms. The first-order chi connectivity index (χ1) is 9.54. The van der Waals surface area contributed by atoms with E-state index in [9.17, 15) is 10.1 Å². The normalized spacial score (nSPS) is 11.7. The van der Waals surface area contributed by atoms with E-state index in [1.807, 2.05) is 50.2 Å². The second-order valence-corrected chi connectivity index (χ2v) is 5.60. The number of hydrogen-bond acceptors (Lipinski definition) is 2. The van der Waals surface area contributed by atoms with E-state index in [4.69, 9.17) is 0 Å². The first-order valence-electron chi connectivity index (χ1n) is 6.30. The topological polar surface area (TPSA) is 40.9 Å². The number of Topliss-reactive ketones (excluding diaryl/α,β-unsaturated/α-hetero) is 1. The Morgan fingerprint density at radius 1 is 1.15 bits per heavy atom. The minimum atomic E-state index is -0.753. The van der Waals surface area contributed by atoms with Crippen molar-refractivity contribution in [2.45, 2.75) is 19.8 Å². The van der Waals surface area contributed by atoms with Crippen LogP contribution in [-0.4, -0.2) is 5.78 Å². The minimum absolute atomic E-state index is 0.155. The van der Waals surface area contributed by atoms with Crippen molar-refractivity contribution < 1.29 is 4.79 Å². The van der Waals surface area contributed by atoms with Crippen molar-refractivity contribution in [1.82, 2.24) is 0 Å². The zero-order valence-corrected chi connectivity index (χ0v) is 12.9. The number of aryl methyl sites for hydroxylation is 2. The predicted octanol–water partition coefficient (Wildman–Crippen LogP) is 4.56. The molecule has 2 nitrogen and oxygen atoms in total. The summed E-state index contributed by atoms with van der Waals surface area (Å²) in [6, 6.07) is 15.1. The Balaban J connectivity index is 2.42. The fraction of sp³-hybridized carbons (Fsp3) is 0.176. The van der Waals surface area contributed by atoms with Crippen LogP contribution in [0.25, 0.3) is 0 Å². The zero-order valence-electron chi connectivity index (χ0n) is 11.4. The van der Waals surface area contributed by atoms with E-state index < -0.39 is 5.92 Å². The predicted molar refractivity (Wildman–Crippen MR) is 82.7 cm³/mol. The second-order valence-electron chi connectivity index (χ2n) is 4.75. The van der Waals surface area contributed by atoms with Gasteiger partial charge in [0.05, 0.1) is 6.07 Å². The van der Waals surface area contributed by atoms with Gasteiger partial charge in [-0.3, -0.25) is 4.79 Å². The van der Waals surface area contributed by atoms with Crippen LogP contribution in [0.15, 0.2) is 46.9 Å². The van der Waals surface area contributed by atoms with Crippen LogP contribution in [0.3, 0.4) is 0 Å². The second kappa shape index (κ2) is 6.02. The molecule has 1 atom stereocenters. The van der Waals surface area contributed by atoms with Crippen LogP contribution < -0.4 is 0 Å². The van der Waals surface area contributed by atoms with E-state index in [0.29, 0.717) is 5.56 Å². The molecule has 0 spiro atoms. The third-order valence-electron chi connectivity index (χ3n) is 3.33. The number of rotatable bonds is 3. The van der Waals surface area contributed by atoms with Crippen LogP contribution in [0.4, 0.5) is 0 Å². The highest BCUT2D eigenvalue weighted by atomic mass is 79.9. The number of halogens is 1. The van der Waals surface area contributed by atoms with Crippen LogP contribution in [0.2, 0.25) is 0 Å². The molecular formula is C17H14BrNO. The van der Waals surface area contributed by atoms with Crippen molar-refractivity contribution in [3.05, 3.63) is 69.2 Å². The molecule has 2 aromatic carbocycles. The number of ketones is 1. The van der Waals surface area contributed by atoms with E-state index in [1.165, 1.54) is 0 Å². The first kappa shape index (κ1) is 14.5. The van der Waals surface area contributed by atoms with Crippen molar-refractivity contribution in [3.8, 4) is 6.07 Å². The molecule has 0 aliphatic rings. The van der Waals surface area contributed by atoms with Gasteiger partial charge in [-0.25, -0.2) is 0 Å². The van der Waals surface area contributed by atoms with Crippen molar-refractivity contribution in [2.75, 3.05) is 0 Å². The summed E-state index contributed by atoms with van der Waals surface area (Å²) in [5.41, 5.74) is 3.29. The van der Waals surface area contributed by atoms with Crippen LogP contribution in [0.1, 0.15) is 33.0 Å². The monoisotopic (exact) mass is 327 g/mol. The zero-order chi connectivity index (χ0) is 14.7. The molecule has 2 aromatic rings. The summed E-state index contributed by atoms with van der Waals surface area (Å²) in [6.45, 7) is 3.84. The van der Waals surface area contributed by atoms with E-state index in [0.717, 1.165) is 21.2 Å². The third-order valence-corrected chi connectivity index (χ3v) is 4.22. The lowest BCUT2D eigenvalue weighted by Crippen LogP contribution is -2.12. The molecule has 0 aliphatic heterocycles. The molecule has 0 saturated carbocycles. The smallest absolute Gasteiger partial charge is 0.184 e. The molecule has 0 fully saturated rings. The summed E-state index contributed by atoms with van der Waals surface area (Å²) in [5.74, 6) is -0.908. The SMILES string of the molecule is Cc1cc(C(=O)C(C#N)c2ccccc2C)ccc1Br.